The third kappa shape index (κ3) is 3.22. The van der Waals surface area contributed by atoms with Gasteiger partial charge in [-0.05, 0) is 40.7 Å². The smallest absolute Gasteiger partial charge is 0.0798 e. The van der Waals surface area contributed by atoms with Crippen molar-refractivity contribution in [3.05, 3.63) is 16.1 Å². The minimum atomic E-state index is 0.155. The van der Waals surface area contributed by atoms with E-state index in [-0.39, 0.29) is 5.54 Å². The van der Waals surface area contributed by atoms with Gasteiger partial charge in [0, 0.05) is 42.6 Å². The minimum Gasteiger partial charge on any atom is -0.329 e. The fraction of sp³-hybridized carbons (Fsp3) is 0.800. The zero-order valence-electron chi connectivity index (χ0n) is 13.2. The van der Waals surface area contributed by atoms with Crippen LogP contribution in [0.5, 0.6) is 0 Å². The molecule has 1 aromatic rings. The first-order valence-corrected chi connectivity index (χ1v) is 8.41. The summed E-state index contributed by atoms with van der Waals surface area (Å²) in [6.45, 7) is 10.7. The van der Waals surface area contributed by atoms with Gasteiger partial charge in [-0.1, -0.05) is 0 Å². The van der Waals surface area contributed by atoms with Crippen LogP contribution in [0, 0.1) is 6.92 Å². The molecular formula is C15H28N4S. The molecule has 2 N–H and O–H groups in total. The summed E-state index contributed by atoms with van der Waals surface area (Å²) < 4.78 is 0. The van der Waals surface area contributed by atoms with Crippen molar-refractivity contribution in [2.24, 2.45) is 5.73 Å². The molecule has 0 radical (unpaired) electrons. The van der Waals surface area contributed by atoms with Crippen LogP contribution in [-0.4, -0.2) is 53.0 Å². The maximum Gasteiger partial charge on any atom is 0.0798 e. The Bertz CT molecular complexity index is 421. The topological polar surface area (TPSA) is 45.4 Å². The normalized spacial score (nSPS) is 19.9. The average molecular weight is 296 g/mol. The van der Waals surface area contributed by atoms with Gasteiger partial charge in [0.05, 0.1) is 11.2 Å². The van der Waals surface area contributed by atoms with Crippen LogP contribution in [0.25, 0.3) is 0 Å². The van der Waals surface area contributed by atoms with Crippen LogP contribution in [0.2, 0.25) is 0 Å². The molecule has 1 aromatic heterocycles. The van der Waals surface area contributed by atoms with Gasteiger partial charge < -0.3 is 10.6 Å². The van der Waals surface area contributed by atoms with E-state index in [0.717, 1.165) is 44.7 Å². The van der Waals surface area contributed by atoms with E-state index < -0.39 is 0 Å². The summed E-state index contributed by atoms with van der Waals surface area (Å²) in [7, 11) is 2.22. The monoisotopic (exact) mass is 296 g/mol. The molecule has 2 rings (SSSR count). The Morgan fingerprint density at radius 3 is 2.55 bits per heavy atom. The molecule has 1 saturated heterocycles. The maximum atomic E-state index is 6.16. The molecule has 0 aromatic carbocycles. The second kappa shape index (κ2) is 6.52. The highest BCUT2D eigenvalue weighted by molar-refractivity contribution is 7.09. The number of likely N-dealkylation sites (N-methyl/N-ethyl adjacent to an activating group) is 1. The van der Waals surface area contributed by atoms with Crippen molar-refractivity contribution in [1.29, 1.82) is 0 Å². The van der Waals surface area contributed by atoms with Gasteiger partial charge in [-0.25, -0.2) is 4.98 Å². The van der Waals surface area contributed by atoms with Gasteiger partial charge in [0.1, 0.15) is 0 Å². The van der Waals surface area contributed by atoms with Crippen LogP contribution in [0.3, 0.4) is 0 Å². The highest BCUT2D eigenvalue weighted by atomic mass is 32.1. The number of thiazole rings is 1. The van der Waals surface area contributed by atoms with Crippen molar-refractivity contribution in [2.45, 2.75) is 51.7 Å². The summed E-state index contributed by atoms with van der Waals surface area (Å²) in [4.78, 5) is 10.7. The van der Waals surface area contributed by atoms with Gasteiger partial charge in [0.25, 0.3) is 0 Å². The maximum absolute atomic E-state index is 6.16. The molecular weight excluding hydrogens is 268 g/mol. The van der Waals surface area contributed by atoms with E-state index in [9.17, 15) is 0 Å². The first-order chi connectivity index (χ1) is 9.48. The van der Waals surface area contributed by atoms with Gasteiger partial charge in [-0.15, -0.1) is 11.3 Å². The Kier molecular flexibility index (Phi) is 5.18. The van der Waals surface area contributed by atoms with Gasteiger partial charge in [0.15, 0.2) is 0 Å². The van der Waals surface area contributed by atoms with Crippen molar-refractivity contribution in [3.8, 4) is 0 Å². The van der Waals surface area contributed by atoms with Crippen LogP contribution in [0.1, 0.15) is 37.3 Å². The Morgan fingerprint density at radius 2 is 2.10 bits per heavy atom. The quantitative estimate of drug-likeness (QED) is 0.903. The SMILES string of the molecule is Cc1ncsc1CN(C)C1(CN)CCN(C(C)C)CC1. The molecule has 114 valence electrons. The lowest BCUT2D eigenvalue weighted by atomic mass is 9.85. The Labute approximate surface area is 127 Å². The molecule has 0 amide bonds. The standard InChI is InChI=1S/C15H28N4S/c1-12(2)19-7-5-15(10-16,6-8-19)18(4)9-14-13(3)17-11-20-14/h11-12H,5-10,16H2,1-4H3. The third-order valence-corrected chi connectivity index (χ3v) is 5.79. The molecule has 0 atom stereocenters. The van der Waals surface area contributed by atoms with Gasteiger partial charge in [-0.3, -0.25) is 4.90 Å². The molecule has 0 unspecified atom stereocenters. The van der Waals surface area contributed by atoms with E-state index in [2.05, 4.69) is 42.6 Å². The summed E-state index contributed by atoms with van der Waals surface area (Å²) in [5, 5.41) is 0. The number of piperidine rings is 1. The van der Waals surface area contributed by atoms with E-state index in [1.807, 2.05) is 5.51 Å². The van der Waals surface area contributed by atoms with Crippen molar-refractivity contribution < 1.29 is 0 Å². The zero-order chi connectivity index (χ0) is 14.8. The highest BCUT2D eigenvalue weighted by Gasteiger charge is 2.37. The summed E-state index contributed by atoms with van der Waals surface area (Å²) in [6.07, 6.45) is 2.33. The van der Waals surface area contributed by atoms with Crippen molar-refractivity contribution >= 4 is 11.3 Å². The number of hydrogen-bond acceptors (Lipinski definition) is 5. The lowest BCUT2D eigenvalue weighted by Gasteiger charge is -2.48. The van der Waals surface area contributed by atoms with Crippen LogP contribution in [-0.2, 0) is 6.54 Å². The summed E-state index contributed by atoms with van der Waals surface area (Å²) >= 11 is 1.75. The Balaban J connectivity index is 2.02. The molecule has 4 nitrogen and oxygen atoms in total. The van der Waals surface area contributed by atoms with Crippen molar-refractivity contribution in [2.75, 3.05) is 26.7 Å². The second-order valence-electron chi connectivity index (χ2n) is 6.28. The van der Waals surface area contributed by atoms with Crippen molar-refractivity contribution in [1.82, 2.24) is 14.8 Å². The number of nitrogens with two attached hydrogens (primary N) is 1. The molecule has 0 bridgehead atoms. The highest BCUT2D eigenvalue weighted by Crippen LogP contribution is 2.30. The number of hydrogen-bond donors (Lipinski definition) is 1. The predicted molar refractivity (Wildman–Crippen MR) is 86.0 cm³/mol. The molecule has 0 spiro atoms. The fourth-order valence-electron chi connectivity index (χ4n) is 3.06. The van der Waals surface area contributed by atoms with Crippen LogP contribution >= 0.6 is 11.3 Å². The number of aromatic nitrogens is 1. The lowest BCUT2D eigenvalue weighted by molar-refractivity contribution is 0.0302. The van der Waals surface area contributed by atoms with Gasteiger partial charge >= 0.3 is 0 Å². The number of rotatable bonds is 5. The van der Waals surface area contributed by atoms with Crippen LogP contribution in [0.4, 0.5) is 0 Å². The molecule has 0 saturated carbocycles. The predicted octanol–water partition coefficient (Wildman–Crippen LogP) is 2.09. The second-order valence-corrected chi connectivity index (χ2v) is 7.21. The summed E-state index contributed by atoms with van der Waals surface area (Å²) in [5.41, 5.74) is 9.41. The average Bonchev–Trinajstić information content (AvgIpc) is 2.84. The molecule has 0 aliphatic carbocycles. The van der Waals surface area contributed by atoms with E-state index in [1.54, 1.807) is 11.3 Å². The van der Waals surface area contributed by atoms with Gasteiger partial charge in [-0.2, -0.15) is 0 Å². The van der Waals surface area contributed by atoms with Crippen LogP contribution < -0.4 is 5.73 Å². The molecule has 1 fully saturated rings. The molecule has 1 aliphatic rings. The number of aryl methyl sites for hydroxylation is 1. The first kappa shape index (κ1) is 15.9. The summed E-state index contributed by atoms with van der Waals surface area (Å²) in [5.74, 6) is 0. The number of nitrogens with zero attached hydrogens (tertiary/aromatic N) is 3. The van der Waals surface area contributed by atoms with E-state index in [1.165, 1.54) is 4.88 Å². The first-order valence-electron chi connectivity index (χ1n) is 7.53. The molecule has 1 aliphatic heterocycles. The van der Waals surface area contributed by atoms with Crippen molar-refractivity contribution in [3.63, 3.8) is 0 Å². The van der Waals surface area contributed by atoms with Crippen LogP contribution in [0.15, 0.2) is 5.51 Å². The fourth-order valence-corrected chi connectivity index (χ4v) is 3.89. The largest absolute Gasteiger partial charge is 0.329 e. The summed E-state index contributed by atoms with van der Waals surface area (Å²) in [6, 6.07) is 0.639. The zero-order valence-corrected chi connectivity index (χ0v) is 14.0. The third-order valence-electron chi connectivity index (χ3n) is 4.87. The molecule has 20 heavy (non-hydrogen) atoms. The Morgan fingerprint density at radius 1 is 1.45 bits per heavy atom. The minimum absolute atomic E-state index is 0.155. The Hall–Kier alpha value is -0.490. The van der Waals surface area contributed by atoms with Gasteiger partial charge in [0.2, 0.25) is 0 Å². The van der Waals surface area contributed by atoms with E-state index in [0.29, 0.717) is 6.04 Å². The van der Waals surface area contributed by atoms with E-state index in [4.69, 9.17) is 5.73 Å². The number of likely N-dealkylation sites (tertiary alicyclic amines) is 1. The lowest BCUT2D eigenvalue weighted by Crippen LogP contribution is -2.58. The molecule has 2 heterocycles. The molecule has 5 heteroatoms. The van der Waals surface area contributed by atoms with E-state index >= 15 is 0 Å².